The quantitative estimate of drug-likeness (QED) is 0.216. The van der Waals surface area contributed by atoms with E-state index in [0.29, 0.717) is 12.1 Å². The van der Waals surface area contributed by atoms with Gasteiger partial charge in [0, 0.05) is 134 Å². The minimum atomic E-state index is 0.519. The Hall–Kier alpha value is -2.88. The normalized spacial score (nSPS) is 19.4. The van der Waals surface area contributed by atoms with Gasteiger partial charge in [-0.25, -0.2) is 0 Å². The molecule has 0 amide bonds. The van der Waals surface area contributed by atoms with Crippen molar-refractivity contribution in [2.75, 3.05) is 146 Å². The summed E-state index contributed by atoms with van der Waals surface area (Å²) >= 11 is 0. The van der Waals surface area contributed by atoms with Crippen LogP contribution in [-0.2, 0) is 4.74 Å². The number of piperidine rings is 3. The minimum absolute atomic E-state index is 0.519. The highest BCUT2D eigenvalue weighted by molar-refractivity contribution is 5.11. The molecule has 0 atom stereocenters. The van der Waals surface area contributed by atoms with E-state index in [1.165, 1.54) is 194 Å². The van der Waals surface area contributed by atoms with E-state index >= 15 is 0 Å². The van der Waals surface area contributed by atoms with Gasteiger partial charge in [0.05, 0.1) is 6.10 Å². The first-order chi connectivity index (χ1) is 39.9. The molecule has 0 radical (unpaired) electrons. The first-order valence-corrected chi connectivity index (χ1v) is 33.7. The number of piperazine rings is 1. The summed E-state index contributed by atoms with van der Waals surface area (Å²) in [4.78, 5) is 30.2. The molecule has 8 heterocycles. The summed E-state index contributed by atoms with van der Waals surface area (Å²) in [6.45, 7) is 59.7. The molecule has 6 fully saturated rings. The number of aryl methyl sites for hydroxylation is 1. The van der Waals surface area contributed by atoms with E-state index in [9.17, 15) is 0 Å². The van der Waals surface area contributed by atoms with Crippen molar-refractivity contribution in [1.29, 1.82) is 0 Å². The highest BCUT2D eigenvalue weighted by atomic mass is 16.5. The van der Waals surface area contributed by atoms with Crippen molar-refractivity contribution in [1.82, 2.24) is 54.1 Å². The average molecular weight is 1160 g/mol. The number of likely N-dealkylation sites (N-methyl/N-ethyl adjacent to an activating group) is 3. The molecule has 0 spiro atoms. The van der Waals surface area contributed by atoms with Crippen LogP contribution < -0.4 is 0 Å². The Labute approximate surface area is 516 Å². The number of pyridine rings is 2. The van der Waals surface area contributed by atoms with Crippen LogP contribution in [0.2, 0.25) is 0 Å². The number of nitrogens with zero attached hydrogens (tertiary/aromatic N) is 11. The lowest BCUT2D eigenvalue weighted by Gasteiger charge is -2.36. The van der Waals surface area contributed by atoms with Crippen LogP contribution in [0.4, 0.5) is 0 Å². The summed E-state index contributed by atoms with van der Waals surface area (Å²) in [5.41, 5.74) is 1.32. The third-order valence-electron chi connectivity index (χ3n) is 16.4. The Kier molecular flexibility index (Phi) is 51.5. The number of aromatic nitrogens is 2. The van der Waals surface area contributed by atoms with Gasteiger partial charge in [0.15, 0.2) is 0 Å². The predicted octanol–water partition coefficient (Wildman–Crippen LogP) is 13.5. The molecule has 6 aliphatic heterocycles. The topological polar surface area (TPSA) is 64.2 Å². The molecule has 6 aliphatic rings. The molecule has 0 bridgehead atoms. The molecule has 1 aromatic carbocycles. The highest BCUT2D eigenvalue weighted by Gasteiger charge is 2.21. The molecule has 482 valence electrons. The summed E-state index contributed by atoms with van der Waals surface area (Å²) < 4.78 is 5.29. The molecule has 9 rings (SSSR count). The Bertz CT molecular complexity index is 1570. The van der Waals surface area contributed by atoms with Crippen molar-refractivity contribution >= 4 is 0 Å². The molecule has 0 unspecified atom stereocenters. The van der Waals surface area contributed by atoms with Crippen molar-refractivity contribution in [3.8, 4) is 0 Å². The number of likely N-dealkylation sites (tertiary alicyclic amines) is 3. The maximum absolute atomic E-state index is 5.29. The van der Waals surface area contributed by atoms with Crippen LogP contribution in [0.1, 0.15) is 174 Å². The van der Waals surface area contributed by atoms with Crippen LogP contribution in [0.5, 0.6) is 0 Å². The number of hydrogen-bond donors (Lipinski definition) is 0. The van der Waals surface area contributed by atoms with Crippen molar-refractivity contribution < 1.29 is 4.74 Å². The van der Waals surface area contributed by atoms with Gasteiger partial charge >= 0.3 is 0 Å². The number of benzene rings is 1. The van der Waals surface area contributed by atoms with E-state index < -0.39 is 0 Å². The van der Waals surface area contributed by atoms with Crippen LogP contribution in [0, 0.1) is 6.92 Å². The summed E-state index contributed by atoms with van der Waals surface area (Å²) in [5.74, 6) is 0. The molecule has 83 heavy (non-hydrogen) atoms. The van der Waals surface area contributed by atoms with Gasteiger partial charge in [0.25, 0.3) is 0 Å². The van der Waals surface area contributed by atoms with Crippen molar-refractivity contribution in [2.24, 2.45) is 0 Å². The zero-order valence-electron chi connectivity index (χ0n) is 58.0. The first kappa shape index (κ1) is 80.1. The fourth-order valence-corrected chi connectivity index (χ4v) is 10.4. The molecule has 2 aromatic heterocycles. The van der Waals surface area contributed by atoms with E-state index in [2.05, 4.69) is 177 Å². The first-order valence-electron chi connectivity index (χ1n) is 33.7. The number of rotatable bonds is 8. The number of hydrogen-bond acceptors (Lipinski definition) is 12. The second-order valence-corrected chi connectivity index (χ2v) is 24.8. The van der Waals surface area contributed by atoms with Crippen molar-refractivity contribution in [3.63, 3.8) is 0 Å². The lowest BCUT2D eigenvalue weighted by Crippen LogP contribution is -2.48. The Morgan fingerprint density at radius 2 is 0.663 bits per heavy atom. The van der Waals surface area contributed by atoms with E-state index in [1.807, 2.05) is 75.6 Å². The maximum atomic E-state index is 5.29. The molecule has 0 aliphatic carbocycles. The lowest BCUT2D eigenvalue weighted by molar-refractivity contribution is 0.0321. The Balaban J connectivity index is 0.000000914. The van der Waals surface area contributed by atoms with Gasteiger partial charge in [0.2, 0.25) is 0 Å². The second kappa shape index (κ2) is 53.4. The van der Waals surface area contributed by atoms with Crippen molar-refractivity contribution in [3.05, 3.63) is 97.1 Å². The second-order valence-electron chi connectivity index (χ2n) is 24.8. The summed E-state index contributed by atoms with van der Waals surface area (Å²) in [7, 11) is 6.24. The average Bonchev–Trinajstić information content (AvgIpc) is 3.90. The standard InChI is InChI=1S/3C9H20N2.C9H19NO.2C8H17N.C7H8.2C5H5N.C2H6/c2*1-9(2)11-6-4-5-10(3)7-8-11;1-4-10-5-7-11(8-6-10)9(2)3;1-8(2)10-6-4-9(11-3)5-7-10;2*1-8(2)9-6-4-3-5-7-9;1-7-5-3-2-4-6-7;2*1-2-4-6-5-3-1;1-2/h3*9H,4-8H2,1-3H3;8-9H,4-7H2,1-3H3;2*8H,3-7H2,1-2H3;2-6H,1H3;2*1-5H;1-2H3. The fraction of sp³-hybridized carbons (Fsp3) is 0.775. The monoisotopic (exact) mass is 1160 g/mol. The van der Waals surface area contributed by atoms with Gasteiger partial charge < -0.3 is 34.1 Å². The molecular formula is C71H137N11O. The highest BCUT2D eigenvalue weighted by Crippen LogP contribution is 2.15. The van der Waals surface area contributed by atoms with Gasteiger partial charge in [-0.2, -0.15) is 0 Å². The van der Waals surface area contributed by atoms with Gasteiger partial charge in [-0.05, 0) is 239 Å². The molecular weight excluding hydrogens is 1020 g/mol. The van der Waals surface area contributed by atoms with Crippen molar-refractivity contribution in [2.45, 2.75) is 217 Å². The fourth-order valence-electron chi connectivity index (χ4n) is 10.4. The summed E-state index contributed by atoms with van der Waals surface area (Å²) in [5, 5.41) is 0. The van der Waals surface area contributed by atoms with Gasteiger partial charge in [-0.15, -0.1) is 0 Å². The van der Waals surface area contributed by atoms with Crippen LogP contribution >= 0.6 is 0 Å². The zero-order valence-corrected chi connectivity index (χ0v) is 58.0. The Morgan fingerprint density at radius 3 is 0.916 bits per heavy atom. The molecule has 3 aromatic rings. The van der Waals surface area contributed by atoms with E-state index in [-0.39, 0.29) is 0 Å². The zero-order chi connectivity index (χ0) is 62.0. The van der Waals surface area contributed by atoms with E-state index in [0.717, 1.165) is 30.2 Å². The number of methoxy groups -OCH3 is 1. The maximum Gasteiger partial charge on any atom is 0.0595 e. The van der Waals surface area contributed by atoms with Crippen LogP contribution in [-0.4, -0.2) is 242 Å². The van der Waals surface area contributed by atoms with Crippen LogP contribution in [0.15, 0.2) is 91.5 Å². The molecule has 12 heteroatoms. The Morgan fingerprint density at radius 1 is 0.373 bits per heavy atom. The molecule has 0 saturated carbocycles. The molecule has 12 nitrogen and oxygen atoms in total. The number of ether oxygens (including phenoxy) is 1. The largest absolute Gasteiger partial charge is 0.381 e. The van der Waals surface area contributed by atoms with E-state index in [4.69, 9.17) is 4.74 Å². The summed E-state index contributed by atoms with van der Waals surface area (Å²) in [6.07, 6.45) is 21.1. The SMILES string of the molecule is CC.CC(C)N1CCCCC1.CC(C)N1CCCCC1.CC(C)N1CCCN(C)CC1.CC(C)N1CCCN(C)CC1.CCN1CCN(C(C)C)CC1.COC1CCN(C(C)C)CC1.Cc1ccccc1.c1ccncc1.c1ccncc1. The van der Waals surface area contributed by atoms with Crippen LogP contribution in [0.3, 0.4) is 0 Å². The third-order valence-corrected chi connectivity index (χ3v) is 16.4. The van der Waals surface area contributed by atoms with E-state index in [1.54, 1.807) is 24.8 Å². The third kappa shape index (κ3) is 44.3. The van der Waals surface area contributed by atoms with Gasteiger partial charge in [-0.1, -0.05) is 81.6 Å². The van der Waals surface area contributed by atoms with Gasteiger partial charge in [-0.3, -0.25) is 24.7 Å². The van der Waals surface area contributed by atoms with Gasteiger partial charge in [0.1, 0.15) is 0 Å². The minimum Gasteiger partial charge on any atom is -0.381 e. The van der Waals surface area contributed by atoms with Crippen LogP contribution in [0.25, 0.3) is 0 Å². The predicted molar refractivity (Wildman–Crippen MR) is 365 cm³/mol. The smallest absolute Gasteiger partial charge is 0.0595 e. The molecule has 6 saturated heterocycles. The summed E-state index contributed by atoms with van der Waals surface area (Å²) in [6, 6.07) is 26.1. The lowest BCUT2D eigenvalue weighted by atomic mass is 10.1. The molecule has 0 N–H and O–H groups in total.